The van der Waals surface area contributed by atoms with Crippen LogP contribution in [-0.4, -0.2) is 9.78 Å². The minimum atomic E-state index is -0.265. The van der Waals surface area contributed by atoms with E-state index in [9.17, 15) is 4.39 Å². The second-order valence-corrected chi connectivity index (χ2v) is 5.42. The summed E-state index contributed by atoms with van der Waals surface area (Å²) in [5.41, 5.74) is 2.93. The average molecular weight is 334 g/mol. The van der Waals surface area contributed by atoms with Crippen LogP contribution in [0.2, 0.25) is 0 Å². The first-order valence-corrected chi connectivity index (χ1v) is 7.04. The number of hydrogen-bond donors (Lipinski definition) is 1. The lowest BCUT2D eigenvalue weighted by Crippen LogP contribution is -2.01. The van der Waals surface area contributed by atoms with Gasteiger partial charge in [-0.2, -0.15) is 5.10 Å². The summed E-state index contributed by atoms with van der Waals surface area (Å²) in [6.45, 7) is 0.597. The summed E-state index contributed by atoms with van der Waals surface area (Å²) in [6, 6.07) is 13.0. The molecule has 0 aliphatic rings. The maximum absolute atomic E-state index is 13.2. The van der Waals surface area contributed by atoms with Crippen molar-refractivity contribution in [2.75, 3.05) is 5.32 Å². The summed E-state index contributed by atoms with van der Waals surface area (Å²) >= 11 is 3.18. The van der Waals surface area contributed by atoms with Gasteiger partial charge in [-0.15, -0.1) is 0 Å². The van der Waals surface area contributed by atoms with Gasteiger partial charge in [0.1, 0.15) is 5.82 Å². The van der Waals surface area contributed by atoms with Crippen LogP contribution in [0, 0.1) is 5.82 Å². The number of aromatic nitrogens is 2. The van der Waals surface area contributed by atoms with Gasteiger partial charge in [-0.1, -0.05) is 18.2 Å². The van der Waals surface area contributed by atoms with E-state index in [2.05, 4.69) is 32.4 Å². The van der Waals surface area contributed by atoms with E-state index < -0.39 is 0 Å². The number of hydrogen-bond acceptors (Lipinski definition) is 2. The highest BCUT2D eigenvalue weighted by molar-refractivity contribution is 9.10. The number of aryl methyl sites for hydroxylation is 1. The first kappa shape index (κ1) is 13.1. The second kappa shape index (κ2) is 5.25. The van der Waals surface area contributed by atoms with Crippen molar-refractivity contribution >= 4 is 32.5 Å². The minimum absolute atomic E-state index is 0.265. The van der Waals surface area contributed by atoms with E-state index in [1.165, 1.54) is 6.07 Å². The first-order valence-electron chi connectivity index (χ1n) is 6.24. The predicted octanol–water partition coefficient (Wildman–Crippen LogP) is 4.09. The van der Waals surface area contributed by atoms with Crippen molar-refractivity contribution in [1.82, 2.24) is 9.78 Å². The van der Waals surface area contributed by atoms with Gasteiger partial charge < -0.3 is 5.32 Å². The fourth-order valence-electron chi connectivity index (χ4n) is 2.21. The molecule has 0 unspecified atom stereocenters. The van der Waals surface area contributed by atoms with Gasteiger partial charge in [-0.3, -0.25) is 4.68 Å². The molecule has 0 bridgehead atoms. The van der Waals surface area contributed by atoms with Gasteiger partial charge in [-0.05, 0) is 40.2 Å². The molecule has 1 heterocycles. The van der Waals surface area contributed by atoms with Crippen LogP contribution in [0.5, 0.6) is 0 Å². The van der Waals surface area contributed by atoms with E-state index >= 15 is 0 Å². The molecule has 1 aromatic heterocycles. The molecule has 5 heteroatoms. The number of fused-ring (bicyclic) bond motifs is 1. The molecule has 1 N–H and O–H groups in total. The molecule has 0 radical (unpaired) electrons. The molecule has 0 atom stereocenters. The van der Waals surface area contributed by atoms with E-state index in [1.807, 2.05) is 29.9 Å². The zero-order chi connectivity index (χ0) is 14.1. The van der Waals surface area contributed by atoms with Crippen LogP contribution in [0.15, 0.2) is 46.9 Å². The minimum Gasteiger partial charge on any atom is -0.379 e. The Hall–Kier alpha value is -1.88. The normalized spacial score (nSPS) is 10.9. The van der Waals surface area contributed by atoms with Crippen LogP contribution in [0.25, 0.3) is 10.9 Å². The molecule has 3 rings (SSSR count). The Balaban J connectivity index is 1.85. The molecule has 0 saturated heterocycles. The molecule has 3 nitrogen and oxygen atoms in total. The molecule has 0 fully saturated rings. The molecule has 3 aromatic rings. The molecule has 0 amide bonds. The van der Waals surface area contributed by atoms with Crippen LogP contribution in [-0.2, 0) is 13.6 Å². The van der Waals surface area contributed by atoms with Gasteiger partial charge in [0.2, 0.25) is 0 Å². The van der Waals surface area contributed by atoms with Crippen LogP contribution in [0.4, 0.5) is 10.1 Å². The highest BCUT2D eigenvalue weighted by atomic mass is 79.9. The fraction of sp³-hybridized carbons (Fsp3) is 0.133. The van der Waals surface area contributed by atoms with Crippen LogP contribution in [0.1, 0.15) is 5.69 Å². The van der Waals surface area contributed by atoms with Crippen molar-refractivity contribution in [1.29, 1.82) is 0 Å². The van der Waals surface area contributed by atoms with Crippen LogP contribution >= 0.6 is 15.9 Å². The lowest BCUT2D eigenvalue weighted by Gasteiger charge is -2.05. The third-order valence-corrected chi connectivity index (χ3v) is 3.82. The number of rotatable bonds is 3. The summed E-state index contributed by atoms with van der Waals surface area (Å²) in [5, 5.41) is 8.90. The number of nitrogens with zero attached hydrogens (tertiary/aromatic N) is 2. The molecule has 20 heavy (non-hydrogen) atoms. The molecule has 102 valence electrons. The van der Waals surface area contributed by atoms with Crippen molar-refractivity contribution in [2.24, 2.45) is 7.05 Å². The lowest BCUT2D eigenvalue weighted by atomic mass is 10.2. The summed E-state index contributed by atoms with van der Waals surface area (Å²) < 4.78 is 15.5. The largest absolute Gasteiger partial charge is 0.379 e. The topological polar surface area (TPSA) is 29.9 Å². The van der Waals surface area contributed by atoms with Gasteiger partial charge >= 0.3 is 0 Å². The average Bonchev–Trinajstić information content (AvgIpc) is 2.78. The van der Waals surface area contributed by atoms with Gasteiger partial charge in [0, 0.05) is 18.1 Å². The first-order chi connectivity index (χ1) is 9.65. The predicted molar refractivity (Wildman–Crippen MR) is 82.1 cm³/mol. The molecule has 0 saturated carbocycles. The Labute approximate surface area is 124 Å². The Morgan fingerprint density at radius 3 is 2.85 bits per heavy atom. The Bertz CT molecular complexity index is 767. The Morgan fingerprint density at radius 1 is 1.25 bits per heavy atom. The van der Waals surface area contributed by atoms with E-state index in [1.54, 1.807) is 12.1 Å². The lowest BCUT2D eigenvalue weighted by molar-refractivity contribution is 0.621. The molecular weight excluding hydrogens is 321 g/mol. The van der Waals surface area contributed by atoms with Crippen LogP contribution in [0.3, 0.4) is 0 Å². The Kier molecular flexibility index (Phi) is 3.44. The van der Waals surface area contributed by atoms with Crippen molar-refractivity contribution < 1.29 is 4.39 Å². The number of para-hydroxylation sites is 1. The van der Waals surface area contributed by atoms with E-state index in [0.29, 0.717) is 11.0 Å². The number of benzene rings is 2. The van der Waals surface area contributed by atoms with Crippen molar-refractivity contribution in [2.45, 2.75) is 6.54 Å². The highest BCUT2D eigenvalue weighted by Gasteiger charge is 2.07. The SMILES string of the molecule is Cn1nc(CNc2ccc(F)c(Br)c2)c2ccccc21. The van der Waals surface area contributed by atoms with Gasteiger partial charge in [0.05, 0.1) is 22.2 Å². The molecule has 0 aliphatic heterocycles. The third kappa shape index (κ3) is 2.41. The summed E-state index contributed by atoms with van der Waals surface area (Å²) in [6.07, 6.45) is 0. The smallest absolute Gasteiger partial charge is 0.137 e. The van der Waals surface area contributed by atoms with Crippen molar-refractivity contribution in [3.8, 4) is 0 Å². The van der Waals surface area contributed by atoms with E-state index in [0.717, 1.165) is 22.3 Å². The quantitative estimate of drug-likeness (QED) is 0.782. The molecule has 0 aliphatic carbocycles. The second-order valence-electron chi connectivity index (χ2n) is 4.57. The number of nitrogens with one attached hydrogen (secondary N) is 1. The van der Waals surface area contributed by atoms with Gasteiger partial charge in [0.15, 0.2) is 0 Å². The summed E-state index contributed by atoms with van der Waals surface area (Å²) in [4.78, 5) is 0. The van der Waals surface area contributed by atoms with E-state index in [-0.39, 0.29) is 5.82 Å². The maximum atomic E-state index is 13.2. The van der Waals surface area contributed by atoms with E-state index in [4.69, 9.17) is 0 Å². The molecule has 0 spiro atoms. The molecule has 2 aromatic carbocycles. The van der Waals surface area contributed by atoms with Crippen LogP contribution < -0.4 is 5.32 Å². The van der Waals surface area contributed by atoms with Crippen molar-refractivity contribution in [3.05, 3.63) is 58.4 Å². The third-order valence-electron chi connectivity index (χ3n) is 3.21. The van der Waals surface area contributed by atoms with Crippen molar-refractivity contribution in [3.63, 3.8) is 0 Å². The summed E-state index contributed by atoms with van der Waals surface area (Å²) in [7, 11) is 1.93. The standard InChI is InChI=1S/C15H13BrFN3/c1-20-15-5-3-2-4-11(15)14(19-20)9-18-10-6-7-13(17)12(16)8-10/h2-8,18H,9H2,1H3. The number of halogens is 2. The summed E-state index contributed by atoms with van der Waals surface area (Å²) in [5.74, 6) is -0.265. The molecular formula is C15H13BrFN3. The zero-order valence-corrected chi connectivity index (χ0v) is 12.5. The highest BCUT2D eigenvalue weighted by Crippen LogP contribution is 2.22. The number of anilines is 1. The van der Waals surface area contributed by atoms with Gasteiger partial charge in [0.25, 0.3) is 0 Å². The van der Waals surface area contributed by atoms with Gasteiger partial charge in [-0.25, -0.2) is 4.39 Å². The maximum Gasteiger partial charge on any atom is 0.137 e. The fourth-order valence-corrected chi connectivity index (χ4v) is 2.59. The monoisotopic (exact) mass is 333 g/mol. The zero-order valence-electron chi connectivity index (χ0n) is 10.9. The Morgan fingerprint density at radius 2 is 2.05 bits per heavy atom.